The lowest BCUT2D eigenvalue weighted by Crippen LogP contribution is -2.12. The van der Waals surface area contributed by atoms with Gasteiger partial charge in [0, 0.05) is 17.5 Å². The second kappa shape index (κ2) is 6.32. The van der Waals surface area contributed by atoms with Gasteiger partial charge in [0.2, 0.25) is 0 Å². The lowest BCUT2D eigenvalue weighted by Gasteiger charge is -2.09. The minimum absolute atomic E-state index is 0.199. The summed E-state index contributed by atoms with van der Waals surface area (Å²) in [5.41, 5.74) is 2.33. The van der Waals surface area contributed by atoms with Crippen molar-refractivity contribution in [3.8, 4) is 0 Å². The summed E-state index contributed by atoms with van der Waals surface area (Å²) in [6.07, 6.45) is 1.14. The van der Waals surface area contributed by atoms with Gasteiger partial charge in [-0.05, 0) is 47.9 Å². The van der Waals surface area contributed by atoms with Crippen LogP contribution >= 0.6 is 0 Å². The number of sulfone groups is 1. The third-order valence-electron chi connectivity index (χ3n) is 3.38. The molecule has 0 spiro atoms. The highest BCUT2D eigenvalue weighted by Crippen LogP contribution is 2.18. The van der Waals surface area contributed by atoms with Crippen molar-refractivity contribution < 1.29 is 13.2 Å². The first-order valence-electron chi connectivity index (χ1n) is 6.99. The molecule has 0 heterocycles. The summed E-state index contributed by atoms with van der Waals surface area (Å²) in [7, 11) is -3.25. The van der Waals surface area contributed by atoms with Crippen molar-refractivity contribution in [3.05, 3.63) is 59.7 Å². The Hall–Kier alpha value is -2.14. The predicted molar refractivity (Wildman–Crippen MR) is 88.0 cm³/mol. The van der Waals surface area contributed by atoms with E-state index in [-0.39, 0.29) is 10.8 Å². The third kappa shape index (κ3) is 3.95. The Kier molecular flexibility index (Phi) is 4.66. The molecule has 0 aromatic heterocycles. The van der Waals surface area contributed by atoms with Crippen LogP contribution in [0.4, 0.5) is 5.69 Å². The van der Waals surface area contributed by atoms with Crippen molar-refractivity contribution in [1.82, 2.24) is 0 Å². The fourth-order valence-corrected chi connectivity index (χ4v) is 2.64. The molecular weight excluding hydrogens is 298 g/mol. The second-order valence-electron chi connectivity index (χ2n) is 5.53. The van der Waals surface area contributed by atoms with Gasteiger partial charge in [-0.3, -0.25) is 4.79 Å². The van der Waals surface area contributed by atoms with E-state index in [2.05, 4.69) is 19.2 Å². The number of nitrogens with one attached hydrogen (secondary N) is 1. The van der Waals surface area contributed by atoms with E-state index >= 15 is 0 Å². The monoisotopic (exact) mass is 317 g/mol. The van der Waals surface area contributed by atoms with Gasteiger partial charge in [-0.2, -0.15) is 0 Å². The summed E-state index contributed by atoms with van der Waals surface area (Å²) in [6.45, 7) is 4.22. The molecule has 22 heavy (non-hydrogen) atoms. The molecule has 0 saturated heterocycles. The van der Waals surface area contributed by atoms with Gasteiger partial charge >= 0.3 is 0 Å². The normalized spacial score (nSPS) is 11.5. The molecular formula is C17H19NO3S. The molecule has 0 bridgehead atoms. The molecule has 2 aromatic rings. The van der Waals surface area contributed by atoms with Gasteiger partial charge in [-0.1, -0.05) is 26.0 Å². The number of anilines is 1. The SMILES string of the molecule is CC(C)c1ccc(NC(=O)c2ccc(S(C)(=O)=O)cc2)cc1. The summed E-state index contributed by atoms with van der Waals surface area (Å²) < 4.78 is 22.8. The number of benzene rings is 2. The van der Waals surface area contributed by atoms with Crippen LogP contribution in [0.25, 0.3) is 0 Å². The largest absolute Gasteiger partial charge is 0.322 e. The van der Waals surface area contributed by atoms with Crippen LogP contribution in [0.1, 0.15) is 35.7 Å². The van der Waals surface area contributed by atoms with Gasteiger partial charge in [0.15, 0.2) is 9.84 Å². The molecule has 0 aliphatic carbocycles. The van der Waals surface area contributed by atoms with Crippen LogP contribution in [0.3, 0.4) is 0 Å². The Morgan fingerprint density at radius 3 is 1.95 bits per heavy atom. The maximum absolute atomic E-state index is 12.1. The van der Waals surface area contributed by atoms with Crippen molar-refractivity contribution in [3.63, 3.8) is 0 Å². The van der Waals surface area contributed by atoms with E-state index in [0.29, 0.717) is 17.2 Å². The maximum Gasteiger partial charge on any atom is 0.255 e. The zero-order valence-electron chi connectivity index (χ0n) is 12.8. The van der Waals surface area contributed by atoms with Crippen LogP contribution in [0, 0.1) is 0 Å². The van der Waals surface area contributed by atoms with Crippen molar-refractivity contribution in [2.24, 2.45) is 0 Å². The highest BCUT2D eigenvalue weighted by atomic mass is 32.2. The summed E-state index contributed by atoms with van der Waals surface area (Å²) >= 11 is 0. The molecule has 0 radical (unpaired) electrons. The third-order valence-corrected chi connectivity index (χ3v) is 4.51. The van der Waals surface area contributed by atoms with Gasteiger partial charge in [-0.15, -0.1) is 0 Å². The van der Waals surface area contributed by atoms with E-state index in [0.717, 1.165) is 6.26 Å². The molecule has 0 saturated carbocycles. The average Bonchev–Trinajstić information content (AvgIpc) is 2.47. The Labute approximate surface area is 131 Å². The molecule has 2 aromatic carbocycles. The average molecular weight is 317 g/mol. The Balaban J connectivity index is 2.12. The van der Waals surface area contributed by atoms with Crippen molar-refractivity contribution >= 4 is 21.4 Å². The summed E-state index contributed by atoms with van der Waals surface area (Å²) in [4.78, 5) is 12.3. The van der Waals surface area contributed by atoms with Gasteiger partial charge in [-0.25, -0.2) is 8.42 Å². The van der Waals surface area contributed by atoms with Crippen LogP contribution in [0.5, 0.6) is 0 Å². The van der Waals surface area contributed by atoms with E-state index in [4.69, 9.17) is 0 Å². The van der Waals surface area contributed by atoms with Crippen LogP contribution in [-0.2, 0) is 9.84 Å². The molecule has 116 valence electrons. The van der Waals surface area contributed by atoms with Gasteiger partial charge in [0.05, 0.1) is 4.90 Å². The molecule has 5 heteroatoms. The van der Waals surface area contributed by atoms with E-state index in [1.165, 1.54) is 29.8 Å². The van der Waals surface area contributed by atoms with Crippen molar-refractivity contribution in [2.75, 3.05) is 11.6 Å². The molecule has 4 nitrogen and oxygen atoms in total. The van der Waals surface area contributed by atoms with Crippen LogP contribution in [-0.4, -0.2) is 20.6 Å². The van der Waals surface area contributed by atoms with Gasteiger partial charge in [0.25, 0.3) is 5.91 Å². The van der Waals surface area contributed by atoms with E-state index in [1.54, 1.807) is 0 Å². The first-order chi connectivity index (χ1) is 10.3. The summed E-state index contributed by atoms with van der Waals surface area (Å²) in [5.74, 6) is 0.172. The lowest BCUT2D eigenvalue weighted by atomic mass is 10.0. The molecule has 0 unspecified atom stereocenters. The topological polar surface area (TPSA) is 63.2 Å². The standard InChI is InChI=1S/C17H19NO3S/c1-12(2)13-4-8-15(9-5-13)18-17(19)14-6-10-16(11-7-14)22(3,20)21/h4-12H,1-3H3,(H,18,19). The van der Waals surface area contributed by atoms with E-state index < -0.39 is 9.84 Å². The number of rotatable bonds is 4. The number of hydrogen-bond donors (Lipinski definition) is 1. The van der Waals surface area contributed by atoms with Crippen LogP contribution in [0.2, 0.25) is 0 Å². The van der Waals surface area contributed by atoms with Gasteiger partial charge in [0.1, 0.15) is 0 Å². The number of hydrogen-bond acceptors (Lipinski definition) is 3. The maximum atomic E-state index is 12.1. The number of carbonyl (C=O) groups is 1. The molecule has 0 fully saturated rings. The molecule has 1 amide bonds. The van der Waals surface area contributed by atoms with Crippen molar-refractivity contribution in [1.29, 1.82) is 0 Å². The summed E-state index contributed by atoms with van der Waals surface area (Å²) in [6, 6.07) is 13.6. The molecule has 0 aliphatic rings. The lowest BCUT2D eigenvalue weighted by molar-refractivity contribution is 0.102. The van der Waals surface area contributed by atoms with E-state index in [9.17, 15) is 13.2 Å². The first-order valence-corrected chi connectivity index (χ1v) is 8.88. The first kappa shape index (κ1) is 16.2. The smallest absolute Gasteiger partial charge is 0.255 e. The Bertz CT molecular complexity index is 761. The highest BCUT2D eigenvalue weighted by molar-refractivity contribution is 7.90. The van der Waals surface area contributed by atoms with Crippen LogP contribution < -0.4 is 5.32 Å². The van der Waals surface area contributed by atoms with Gasteiger partial charge < -0.3 is 5.32 Å². The zero-order valence-corrected chi connectivity index (χ0v) is 13.6. The molecule has 0 aliphatic heterocycles. The molecule has 0 atom stereocenters. The predicted octanol–water partition coefficient (Wildman–Crippen LogP) is 3.47. The number of amides is 1. The zero-order chi connectivity index (χ0) is 16.3. The summed E-state index contributed by atoms with van der Waals surface area (Å²) in [5, 5.41) is 2.79. The minimum Gasteiger partial charge on any atom is -0.322 e. The van der Waals surface area contributed by atoms with Crippen molar-refractivity contribution in [2.45, 2.75) is 24.7 Å². The fraction of sp³-hybridized carbons (Fsp3) is 0.235. The number of carbonyl (C=O) groups excluding carboxylic acids is 1. The Morgan fingerprint density at radius 1 is 0.955 bits per heavy atom. The highest BCUT2D eigenvalue weighted by Gasteiger charge is 2.10. The quantitative estimate of drug-likeness (QED) is 0.939. The minimum atomic E-state index is -3.25. The fourth-order valence-electron chi connectivity index (χ4n) is 2.01. The Morgan fingerprint density at radius 2 is 1.50 bits per heavy atom. The molecule has 1 N–H and O–H groups in total. The molecule has 2 rings (SSSR count). The second-order valence-corrected chi connectivity index (χ2v) is 7.54. The van der Waals surface area contributed by atoms with Crippen LogP contribution in [0.15, 0.2) is 53.4 Å². The van der Waals surface area contributed by atoms with E-state index in [1.807, 2.05) is 24.3 Å².